The fraction of sp³-hybridized carbons (Fsp3) is 0.0588. The summed E-state index contributed by atoms with van der Waals surface area (Å²) in [5, 5.41) is 7.44. The van der Waals surface area contributed by atoms with Crippen molar-refractivity contribution in [2.24, 2.45) is 0 Å². The van der Waals surface area contributed by atoms with Gasteiger partial charge in [-0.05, 0) is 30.3 Å². The van der Waals surface area contributed by atoms with Crippen LogP contribution < -0.4 is 20.1 Å². The monoisotopic (exact) mass is 374 g/mol. The Morgan fingerprint density at radius 2 is 1.44 bits per heavy atom. The van der Waals surface area contributed by atoms with Gasteiger partial charge in [-0.15, -0.1) is 0 Å². The second kappa shape index (κ2) is 6.66. The number of rotatable bonds is 4. The summed E-state index contributed by atoms with van der Waals surface area (Å²) in [5.41, 5.74) is 1.57. The number of nitrogens with one attached hydrogen (secondary N) is 2. The Morgan fingerprint density at radius 1 is 0.760 bits per heavy atom. The van der Waals surface area contributed by atoms with E-state index >= 15 is 0 Å². The van der Waals surface area contributed by atoms with Crippen molar-refractivity contribution in [3.05, 3.63) is 58.8 Å². The lowest BCUT2D eigenvalue weighted by Gasteiger charge is -2.10. The molecule has 0 amide bonds. The van der Waals surface area contributed by atoms with Crippen molar-refractivity contribution < 1.29 is 9.47 Å². The van der Waals surface area contributed by atoms with Gasteiger partial charge in [0.2, 0.25) is 6.79 Å². The van der Waals surface area contributed by atoms with Crippen LogP contribution in [0.2, 0.25) is 10.0 Å². The SMILES string of the molecule is Clc1cc(Cl)cc(Nc2cc(Nc3ccc4c(c3)OCO4)ncn2)c1. The number of halogens is 2. The minimum absolute atomic E-state index is 0.239. The van der Waals surface area contributed by atoms with Gasteiger partial charge in [0.05, 0.1) is 0 Å². The summed E-state index contributed by atoms with van der Waals surface area (Å²) in [5.74, 6) is 2.67. The maximum absolute atomic E-state index is 6.01. The smallest absolute Gasteiger partial charge is 0.231 e. The van der Waals surface area contributed by atoms with E-state index in [-0.39, 0.29) is 6.79 Å². The van der Waals surface area contributed by atoms with Crippen LogP contribution >= 0.6 is 23.2 Å². The third-order valence-electron chi connectivity index (χ3n) is 3.45. The van der Waals surface area contributed by atoms with Gasteiger partial charge in [0.15, 0.2) is 11.5 Å². The number of benzene rings is 2. The summed E-state index contributed by atoms with van der Waals surface area (Å²) < 4.78 is 10.7. The van der Waals surface area contributed by atoms with Crippen LogP contribution in [-0.2, 0) is 0 Å². The van der Waals surface area contributed by atoms with E-state index in [4.69, 9.17) is 32.7 Å². The number of hydrogen-bond donors (Lipinski definition) is 2. The molecule has 2 N–H and O–H groups in total. The van der Waals surface area contributed by atoms with Gasteiger partial charge in [0.1, 0.15) is 18.0 Å². The minimum Gasteiger partial charge on any atom is -0.454 e. The molecule has 25 heavy (non-hydrogen) atoms. The van der Waals surface area contributed by atoms with E-state index < -0.39 is 0 Å². The molecule has 1 aliphatic rings. The molecular weight excluding hydrogens is 363 g/mol. The molecule has 0 saturated carbocycles. The van der Waals surface area contributed by atoms with Crippen LogP contribution in [0.1, 0.15) is 0 Å². The first-order valence-corrected chi connectivity index (χ1v) is 8.13. The molecule has 0 atom stereocenters. The number of aromatic nitrogens is 2. The first-order chi connectivity index (χ1) is 12.2. The molecule has 0 spiro atoms. The van der Waals surface area contributed by atoms with E-state index in [0.29, 0.717) is 27.4 Å². The fourth-order valence-electron chi connectivity index (χ4n) is 2.39. The molecule has 1 aliphatic heterocycles. The van der Waals surface area contributed by atoms with Gasteiger partial charge >= 0.3 is 0 Å². The molecule has 0 unspecified atom stereocenters. The Morgan fingerprint density at radius 3 is 2.20 bits per heavy atom. The second-order valence-corrected chi connectivity index (χ2v) is 6.14. The lowest BCUT2D eigenvalue weighted by Crippen LogP contribution is -1.98. The lowest BCUT2D eigenvalue weighted by molar-refractivity contribution is 0.174. The summed E-state index contributed by atoms with van der Waals surface area (Å²) in [4.78, 5) is 8.42. The molecule has 6 nitrogen and oxygen atoms in total. The molecule has 2 aromatic carbocycles. The van der Waals surface area contributed by atoms with Crippen LogP contribution in [0.3, 0.4) is 0 Å². The molecule has 0 aliphatic carbocycles. The van der Waals surface area contributed by atoms with Crippen molar-refractivity contribution in [1.29, 1.82) is 0 Å². The maximum atomic E-state index is 6.01. The van der Waals surface area contributed by atoms with Crippen molar-refractivity contribution in [2.75, 3.05) is 17.4 Å². The molecule has 0 radical (unpaired) electrons. The third-order valence-corrected chi connectivity index (χ3v) is 3.88. The topological polar surface area (TPSA) is 68.3 Å². The Balaban J connectivity index is 1.53. The van der Waals surface area contributed by atoms with Crippen molar-refractivity contribution in [3.8, 4) is 11.5 Å². The summed E-state index contributed by atoms with van der Waals surface area (Å²) in [6, 6.07) is 12.6. The number of anilines is 4. The van der Waals surface area contributed by atoms with Crippen LogP contribution in [0.15, 0.2) is 48.8 Å². The Labute approximate surface area is 153 Å². The van der Waals surface area contributed by atoms with Gasteiger partial charge in [-0.2, -0.15) is 0 Å². The zero-order valence-corrected chi connectivity index (χ0v) is 14.3. The lowest BCUT2D eigenvalue weighted by atomic mass is 10.2. The molecule has 0 saturated heterocycles. The molecule has 3 aromatic rings. The van der Waals surface area contributed by atoms with Crippen molar-refractivity contribution in [2.45, 2.75) is 0 Å². The van der Waals surface area contributed by atoms with Gasteiger partial charge in [-0.25, -0.2) is 9.97 Å². The van der Waals surface area contributed by atoms with Gasteiger partial charge in [0, 0.05) is 33.6 Å². The van der Waals surface area contributed by atoms with E-state index in [9.17, 15) is 0 Å². The van der Waals surface area contributed by atoms with E-state index in [2.05, 4.69) is 20.6 Å². The Hall–Kier alpha value is -2.70. The molecule has 8 heteroatoms. The standard InChI is InChI=1S/C17H12Cl2N4O2/c18-10-3-11(19)5-13(4-10)23-17-7-16(20-8-21-17)22-12-1-2-14-15(6-12)25-9-24-14/h1-8H,9H2,(H2,20,21,22,23). The predicted molar refractivity (Wildman–Crippen MR) is 97.6 cm³/mol. The van der Waals surface area contributed by atoms with Crippen molar-refractivity contribution >= 4 is 46.2 Å². The second-order valence-electron chi connectivity index (χ2n) is 5.26. The summed E-state index contributed by atoms with van der Waals surface area (Å²) in [6.45, 7) is 0.239. The zero-order chi connectivity index (χ0) is 17.2. The number of nitrogens with zero attached hydrogens (tertiary/aromatic N) is 2. The average molecular weight is 375 g/mol. The molecular formula is C17H12Cl2N4O2. The van der Waals surface area contributed by atoms with Gasteiger partial charge < -0.3 is 20.1 Å². The highest BCUT2D eigenvalue weighted by Gasteiger charge is 2.13. The molecule has 1 aromatic heterocycles. The highest BCUT2D eigenvalue weighted by atomic mass is 35.5. The zero-order valence-electron chi connectivity index (χ0n) is 12.8. The highest BCUT2D eigenvalue weighted by molar-refractivity contribution is 6.35. The normalized spacial score (nSPS) is 12.1. The number of fused-ring (bicyclic) bond motifs is 1. The molecule has 0 bridgehead atoms. The molecule has 0 fully saturated rings. The predicted octanol–water partition coefficient (Wildman–Crippen LogP) is 5.00. The van der Waals surface area contributed by atoms with Gasteiger partial charge in [-0.3, -0.25) is 0 Å². The number of hydrogen-bond acceptors (Lipinski definition) is 6. The maximum Gasteiger partial charge on any atom is 0.231 e. The summed E-state index contributed by atoms with van der Waals surface area (Å²) in [6.07, 6.45) is 1.46. The van der Waals surface area contributed by atoms with Crippen LogP contribution in [0.5, 0.6) is 11.5 Å². The van der Waals surface area contributed by atoms with Crippen molar-refractivity contribution in [3.63, 3.8) is 0 Å². The van der Waals surface area contributed by atoms with E-state index in [1.165, 1.54) is 6.33 Å². The van der Waals surface area contributed by atoms with Crippen LogP contribution in [0, 0.1) is 0 Å². The van der Waals surface area contributed by atoms with Crippen LogP contribution in [0.25, 0.3) is 0 Å². The largest absolute Gasteiger partial charge is 0.454 e. The highest BCUT2D eigenvalue weighted by Crippen LogP contribution is 2.35. The molecule has 126 valence electrons. The first kappa shape index (κ1) is 15.8. The fourth-order valence-corrected chi connectivity index (χ4v) is 2.92. The minimum atomic E-state index is 0.239. The molecule has 4 rings (SSSR count). The Bertz CT molecular complexity index is 916. The van der Waals surface area contributed by atoms with Gasteiger partial charge in [0.25, 0.3) is 0 Å². The number of ether oxygens (including phenoxy) is 2. The molecule has 2 heterocycles. The van der Waals surface area contributed by atoms with E-state index in [1.54, 1.807) is 24.3 Å². The Kier molecular flexibility index (Phi) is 4.21. The van der Waals surface area contributed by atoms with E-state index in [1.807, 2.05) is 18.2 Å². The first-order valence-electron chi connectivity index (χ1n) is 7.37. The quantitative estimate of drug-likeness (QED) is 0.669. The van der Waals surface area contributed by atoms with Gasteiger partial charge in [-0.1, -0.05) is 23.2 Å². The average Bonchev–Trinajstić information content (AvgIpc) is 3.02. The third kappa shape index (κ3) is 3.70. The van der Waals surface area contributed by atoms with Crippen LogP contribution in [-0.4, -0.2) is 16.8 Å². The summed E-state index contributed by atoms with van der Waals surface area (Å²) in [7, 11) is 0. The van der Waals surface area contributed by atoms with Crippen LogP contribution in [0.4, 0.5) is 23.0 Å². The summed E-state index contributed by atoms with van der Waals surface area (Å²) >= 11 is 12.0. The van der Waals surface area contributed by atoms with E-state index in [0.717, 1.165) is 17.1 Å². The van der Waals surface area contributed by atoms with Crippen molar-refractivity contribution in [1.82, 2.24) is 9.97 Å².